The highest BCUT2D eigenvalue weighted by molar-refractivity contribution is 5.94. The third-order valence-electron chi connectivity index (χ3n) is 4.86. The summed E-state index contributed by atoms with van der Waals surface area (Å²) in [5, 5.41) is 0. The number of aromatic nitrogens is 1. The summed E-state index contributed by atoms with van der Waals surface area (Å²) >= 11 is 0. The number of aryl methyl sites for hydroxylation is 1. The average Bonchev–Trinajstić information content (AvgIpc) is 2.98. The lowest BCUT2D eigenvalue weighted by atomic mass is 10.1. The number of para-hydroxylation sites is 1. The molecule has 1 fully saturated rings. The number of pyridine rings is 1. The van der Waals surface area contributed by atoms with E-state index in [1.807, 2.05) is 34.1 Å². The molecule has 0 atom stereocenters. The number of carbonyl (C=O) groups excluding carboxylic acids is 2. The number of hydrogen-bond donors (Lipinski definition) is 0. The highest BCUT2D eigenvalue weighted by Gasteiger charge is 2.22. The second-order valence-corrected chi connectivity index (χ2v) is 6.57. The van der Waals surface area contributed by atoms with Gasteiger partial charge in [0.25, 0.3) is 5.91 Å². The van der Waals surface area contributed by atoms with E-state index >= 15 is 0 Å². The maximum atomic E-state index is 12.6. The van der Waals surface area contributed by atoms with Gasteiger partial charge in [0.05, 0.1) is 7.11 Å². The highest BCUT2D eigenvalue weighted by atomic mass is 16.5. The zero-order chi connectivity index (χ0) is 19.1. The molecule has 2 aromatic rings. The highest BCUT2D eigenvalue weighted by Crippen LogP contribution is 2.19. The van der Waals surface area contributed by atoms with Crippen molar-refractivity contribution >= 4 is 11.8 Å². The van der Waals surface area contributed by atoms with Gasteiger partial charge in [-0.3, -0.25) is 14.6 Å². The van der Waals surface area contributed by atoms with Gasteiger partial charge in [0.1, 0.15) is 5.75 Å². The third-order valence-corrected chi connectivity index (χ3v) is 4.86. The Morgan fingerprint density at radius 2 is 1.70 bits per heavy atom. The molecule has 0 spiro atoms. The second-order valence-electron chi connectivity index (χ2n) is 6.57. The molecule has 0 bridgehead atoms. The summed E-state index contributed by atoms with van der Waals surface area (Å²) in [5.74, 6) is 0.940. The van der Waals surface area contributed by atoms with Crippen molar-refractivity contribution in [2.45, 2.75) is 19.3 Å². The third kappa shape index (κ3) is 4.84. The van der Waals surface area contributed by atoms with Crippen molar-refractivity contribution in [1.82, 2.24) is 14.8 Å². The van der Waals surface area contributed by atoms with E-state index in [0.717, 1.165) is 17.7 Å². The zero-order valence-electron chi connectivity index (χ0n) is 15.6. The molecule has 0 unspecified atom stereocenters. The van der Waals surface area contributed by atoms with E-state index in [1.54, 1.807) is 31.6 Å². The number of carbonyl (C=O) groups is 2. The summed E-state index contributed by atoms with van der Waals surface area (Å²) < 4.78 is 5.35. The van der Waals surface area contributed by atoms with E-state index in [1.165, 1.54) is 0 Å². The topological polar surface area (TPSA) is 62.7 Å². The molecule has 0 saturated carbocycles. The van der Waals surface area contributed by atoms with Crippen LogP contribution in [0.2, 0.25) is 0 Å². The van der Waals surface area contributed by atoms with E-state index in [0.29, 0.717) is 44.6 Å². The van der Waals surface area contributed by atoms with Gasteiger partial charge in [-0.15, -0.1) is 0 Å². The minimum absolute atomic E-state index is 0.000667. The number of amides is 2. The van der Waals surface area contributed by atoms with Crippen LogP contribution in [0.3, 0.4) is 0 Å². The summed E-state index contributed by atoms with van der Waals surface area (Å²) in [5.41, 5.74) is 1.68. The van der Waals surface area contributed by atoms with Crippen molar-refractivity contribution in [2.24, 2.45) is 0 Å². The first-order valence-corrected chi connectivity index (χ1v) is 9.28. The molecule has 1 aromatic heterocycles. The van der Waals surface area contributed by atoms with Gasteiger partial charge in [0, 0.05) is 50.6 Å². The van der Waals surface area contributed by atoms with Crippen molar-refractivity contribution in [1.29, 1.82) is 0 Å². The maximum Gasteiger partial charge on any atom is 0.254 e. The van der Waals surface area contributed by atoms with Gasteiger partial charge in [0.2, 0.25) is 5.91 Å². The Kier molecular flexibility index (Phi) is 6.41. The lowest BCUT2D eigenvalue weighted by Gasteiger charge is -2.22. The molecular formula is C21H25N3O3. The molecule has 1 aromatic carbocycles. The Morgan fingerprint density at radius 1 is 1.00 bits per heavy atom. The summed E-state index contributed by atoms with van der Waals surface area (Å²) in [6, 6.07) is 11.2. The van der Waals surface area contributed by atoms with E-state index in [2.05, 4.69) is 4.98 Å². The molecule has 0 aliphatic carbocycles. The monoisotopic (exact) mass is 367 g/mol. The summed E-state index contributed by atoms with van der Waals surface area (Å²) in [6.07, 6.45) is 5.13. The molecule has 6 heteroatoms. The molecule has 1 aliphatic heterocycles. The van der Waals surface area contributed by atoms with Gasteiger partial charge < -0.3 is 14.5 Å². The Balaban J connectivity index is 1.54. The zero-order valence-corrected chi connectivity index (χ0v) is 15.6. The van der Waals surface area contributed by atoms with E-state index in [4.69, 9.17) is 4.74 Å². The molecule has 0 radical (unpaired) electrons. The quantitative estimate of drug-likeness (QED) is 0.814. The van der Waals surface area contributed by atoms with Gasteiger partial charge in [0.15, 0.2) is 0 Å². The fourth-order valence-corrected chi connectivity index (χ4v) is 3.36. The molecular weight excluding hydrogens is 342 g/mol. The fourth-order valence-electron chi connectivity index (χ4n) is 3.36. The van der Waals surface area contributed by atoms with Crippen LogP contribution < -0.4 is 4.74 Å². The average molecular weight is 367 g/mol. The van der Waals surface area contributed by atoms with Gasteiger partial charge in [-0.25, -0.2) is 0 Å². The first-order valence-electron chi connectivity index (χ1n) is 9.28. The van der Waals surface area contributed by atoms with Crippen LogP contribution in [-0.4, -0.2) is 59.9 Å². The standard InChI is InChI=1S/C21H25N3O3/c1-27-19-6-3-2-5-17(19)7-8-20(25)23-13-4-14-24(16-15-23)21(26)18-9-11-22-12-10-18/h2-3,5-6,9-12H,4,7-8,13-16H2,1H3. The van der Waals surface area contributed by atoms with Crippen LogP contribution in [0.1, 0.15) is 28.8 Å². The molecule has 2 heterocycles. The predicted molar refractivity (Wildman–Crippen MR) is 103 cm³/mol. The Labute approximate surface area is 159 Å². The Morgan fingerprint density at radius 3 is 2.48 bits per heavy atom. The van der Waals surface area contributed by atoms with Crippen LogP contribution in [0.4, 0.5) is 0 Å². The number of nitrogens with zero attached hydrogens (tertiary/aromatic N) is 3. The summed E-state index contributed by atoms with van der Waals surface area (Å²) in [7, 11) is 1.64. The molecule has 1 saturated heterocycles. The van der Waals surface area contributed by atoms with E-state index in [-0.39, 0.29) is 11.8 Å². The summed E-state index contributed by atoms with van der Waals surface area (Å²) in [6.45, 7) is 2.48. The van der Waals surface area contributed by atoms with E-state index in [9.17, 15) is 9.59 Å². The number of benzene rings is 1. The van der Waals surface area contributed by atoms with E-state index < -0.39 is 0 Å². The normalized spacial score (nSPS) is 14.6. The Bertz CT molecular complexity index is 779. The minimum atomic E-state index is 0.000667. The van der Waals surface area contributed by atoms with Crippen LogP contribution in [0.15, 0.2) is 48.8 Å². The maximum absolute atomic E-state index is 12.6. The number of hydrogen-bond acceptors (Lipinski definition) is 4. The first kappa shape index (κ1) is 18.9. The van der Waals surface area contributed by atoms with Crippen molar-refractivity contribution in [3.05, 3.63) is 59.9 Å². The van der Waals surface area contributed by atoms with Crippen molar-refractivity contribution in [3.8, 4) is 5.75 Å². The van der Waals surface area contributed by atoms with Crippen LogP contribution in [0, 0.1) is 0 Å². The molecule has 3 rings (SSSR count). The molecule has 1 aliphatic rings. The number of rotatable bonds is 5. The molecule has 6 nitrogen and oxygen atoms in total. The summed E-state index contributed by atoms with van der Waals surface area (Å²) in [4.78, 5) is 32.9. The molecule has 142 valence electrons. The second kappa shape index (κ2) is 9.16. The van der Waals surface area contributed by atoms with Crippen LogP contribution in [0.5, 0.6) is 5.75 Å². The lowest BCUT2D eigenvalue weighted by Crippen LogP contribution is -2.37. The Hall–Kier alpha value is -2.89. The minimum Gasteiger partial charge on any atom is -0.496 e. The smallest absolute Gasteiger partial charge is 0.254 e. The van der Waals surface area contributed by atoms with Gasteiger partial charge >= 0.3 is 0 Å². The lowest BCUT2D eigenvalue weighted by molar-refractivity contribution is -0.131. The van der Waals surface area contributed by atoms with Gasteiger partial charge in [-0.1, -0.05) is 18.2 Å². The number of methoxy groups -OCH3 is 1. The predicted octanol–water partition coefficient (Wildman–Crippen LogP) is 2.40. The number of ether oxygens (including phenoxy) is 1. The van der Waals surface area contributed by atoms with Crippen LogP contribution in [0.25, 0.3) is 0 Å². The molecule has 0 N–H and O–H groups in total. The van der Waals surface area contributed by atoms with Crippen molar-refractivity contribution < 1.29 is 14.3 Å². The van der Waals surface area contributed by atoms with Crippen LogP contribution >= 0.6 is 0 Å². The molecule has 27 heavy (non-hydrogen) atoms. The van der Waals surface area contributed by atoms with Crippen molar-refractivity contribution in [2.75, 3.05) is 33.3 Å². The van der Waals surface area contributed by atoms with Gasteiger partial charge in [-0.2, -0.15) is 0 Å². The van der Waals surface area contributed by atoms with Crippen molar-refractivity contribution in [3.63, 3.8) is 0 Å². The first-order chi connectivity index (χ1) is 13.2. The van der Waals surface area contributed by atoms with Gasteiger partial charge in [-0.05, 0) is 36.6 Å². The SMILES string of the molecule is COc1ccccc1CCC(=O)N1CCCN(C(=O)c2ccncc2)CC1. The van der Waals surface area contributed by atoms with Crippen LogP contribution in [-0.2, 0) is 11.2 Å². The molecule has 2 amide bonds. The largest absolute Gasteiger partial charge is 0.496 e. The fraction of sp³-hybridized carbons (Fsp3) is 0.381.